The van der Waals surface area contributed by atoms with E-state index in [1.807, 2.05) is 97.1 Å². The van der Waals surface area contributed by atoms with Crippen LogP contribution >= 0.6 is 0 Å². The number of fused-ring (bicyclic) bond motifs is 1. The third kappa shape index (κ3) is 5.86. The van der Waals surface area contributed by atoms with Gasteiger partial charge in [-0.25, -0.2) is 14.8 Å². The molecular formula is C33H27N5O3. The number of para-hydroxylation sites is 1. The first kappa shape index (κ1) is 25.6. The number of hydrogen-bond acceptors (Lipinski definition) is 6. The molecule has 2 amide bonds. The van der Waals surface area contributed by atoms with Gasteiger partial charge in [-0.15, -0.1) is 0 Å². The van der Waals surface area contributed by atoms with Gasteiger partial charge >= 0.3 is 6.03 Å². The molecule has 0 aliphatic rings. The van der Waals surface area contributed by atoms with E-state index in [9.17, 15) is 9.90 Å². The van der Waals surface area contributed by atoms with Crippen molar-refractivity contribution in [1.82, 2.24) is 9.97 Å². The third-order valence-corrected chi connectivity index (χ3v) is 6.63. The highest BCUT2D eigenvalue weighted by atomic mass is 16.3. The summed E-state index contributed by atoms with van der Waals surface area (Å²) in [5, 5.41) is 19.8. The summed E-state index contributed by atoms with van der Waals surface area (Å²) in [5.74, 6) is 1.55. The largest absolute Gasteiger partial charge is 0.508 e. The van der Waals surface area contributed by atoms with Crippen molar-refractivity contribution in [2.45, 2.75) is 6.42 Å². The molecule has 2 heterocycles. The van der Waals surface area contributed by atoms with E-state index in [0.29, 0.717) is 29.5 Å². The number of phenols is 1. The quantitative estimate of drug-likeness (QED) is 0.158. The summed E-state index contributed by atoms with van der Waals surface area (Å²) in [7, 11) is 0. The summed E-state index contributed by atoms with van der Waals surface area (Å²) in [4.78, 5) is 21.2. The van der Waals surface area contributed by atoms with Crippen LogP contribution in [0.3, 0.4) is 0 Å². The van der Waals surface area contributed by atoms with Gasteiger partial charge in [0.15, 0.2) is 0 Å². The number of phenolic OH excluding ortho intramolecular Hbond substituents is 1. The molecule has 2 aromatic heterocycles. The smallest absolute Gasteiger partial charge is 0.323 e. The molecule has 41 heavy (non-hydrogen) atoms. The standard InChI is InChI=1S/C33H27N5O3/c39-27-17-13-23(14-18-27)28-29-31(35-21-36-32(29)41-30(28)24-7-3-1-4-8-24)34-20-19-22-11-15-26(16-12-22)38-33(40)37-25-9-5-2-6-10-25/h1-18,21,39H,19-20H2,(H,34,35,36)(H2,37,38,40). The van der Waals surface area contributed by atoms with Crippen molar-refractivity contribution < 1.29 is 14.3 Å². The van der Waals surface area contributed by atoms with E-state index in [1.165, 1.54) is 6.33 Å². The topological polar surface area (TPSA) is 112 Å². The van der Waals surface area contributed by atoms with Crippen molar-refractivity contribution in [3.63, 3.8) is 0 Å². The van der Waals surface area contributed by atoms with E-state index >= 15 is 0 Å². The number of carbonyl (C=O) groups excluding carboxylic acids is 1. The van der Waals surface area contributed by atoms with Crippen LogP contribution in [0.5, 0.6) is 5.75 Å². The van der Waals surface area contributed by atoms with E-state index in [-0.39, 0.29) is 11.8 Å². The summed E-state index contributed by atoms with van der Waals surface area (Å²) >= 11 is 0. The highest BCUT2D eigenvalue weighted by molar-refractivity contribution is 6.06. The van der Waals surface area contributed by atoms with Gasteiger partial charge in [-0.05, 0) is 53.9 Å². The molecule has 0 saturated heterocycles. The molecule has 0 atom stereocenters. The number of anilines is 3. The van der Waals surface area contributed by atoms with Crippen LogP contribution in [0.25, 0.3) is 33.6 Å². The SMILES string of the molecule is O=C(Nc1ccccc1)Nc1ccc(CCNc2ncnc3oc(-c4ccccc4)c(-c4ccc(O)cc4)c23)cc1. The van der Waals surface area contributed by atoms with Gasteiger partial charge in [0, 0.05) is 29.0 Å². The maximum atomic E-state index is 12.3. The molecule has 0 aliphatic heterocycles. The summed E-state index contributed by atoms with van der Waals surface area (Å²) < 4.78 is 6.26. The molecule has 0 radical (unpaired) electrons. The molecule has 6 rings (SSSR count). The summed E-state index contributed by atoms with van der Waals surface area (Å²) in [6.45, 7) is 0.619. The van der Waals surface area contributed by atoms with Crippen LogP contribution in [0, 0.1) is 0 Å². The fourth-order valence-corrected chi connectivity index (χ4v) is 4.66. The highest BCUT2D eigenvalue weighted by Gasteiger charge is 2.22. The number of aromatic nitrogens is 2. The van der Waals surface area contributed by atoms with Crippen LogP contribution in [0.4, 0.5) is 22.0 Å². The number of benzene rings is 4. The minimum absolute atomic E-state index is 0.190. The maximum absolute atomic E-state index is 12.3. The normalized spacial score (nSPS) is 10.8. The predicted molar refractivity (Wildman–Crippen MR) is 162 cm³/mol. The average Bonchev–Trinajstić information content (AvgIpc) is 3.40. The number of rotatable bonds is 8. The predicted octanol–water partition coefficient (Wildman–Crippen LogP) is 7.56. The number of amides is 2. The van der Waals surface area contributed by atoms with Gasteiger partial charge in [0.05, 0.1) is 5.39 Å². The lowest BCUT2D eigenvalue weighted by Gasteiger charge is -2.10. The minimum Gasteiger partial charge on any atom is -0.508 e. The minimum atomic E-state index is -0.294. The molecule has 4 N–H and O–H groups in total. The van der Waals surface area contributed by atoms with Crippen LogP contribution in [0.15, 0.2) is 120 Å². The molecule has 0 spiro atoms. The molecule has 8 nitrogen and oxygen atoms in total. The zero-order valence-corrected chi connectivity index (χ0v) is 22.0. The number of aromatic hydroxyl groups is 1. The Morgan fingerprint density at radius 3 is 2.10 bits per heavy atom. The first-order chi connectivity index (χ1) is 20.1. The lowest BCUT2D eigenvalue weighted by atomic mass is 9.99. The van der Waals surface area contributed by atoms with Crippen molar-refractivity contribution in [3.05, 3.63) is 121 Å². The fraction of sp³-hybridized carbons (Fsp3) is 0.0606. The van der Waals surface area contributed by atoms with Gasteiger partial charge in [-0.2, -0.15) is 0 Å². The summed E-state index contributed by atoms with van der Waals surface area (Å²) in [5.41, 5.74) is 5.69. The monoisotopic (exact) mass is 541 g/mol. The zero-order chi connectivity index (χ0) is 28.0. The first-order valence-electron chi connectivity index (χ1n) is 13.2. The Balaban J connectivity index is 1.19. The molecule has 0 aliphatic carbocycles. The van der Waals surface area contributed by atoms with Crippen molar-refractivity contribution >= 4 is 34.3 Å². The van der Waals surface area contributed by atoms with E-state index < -0.39 is 0 Å². The van der Waals surface area contributed by atoms with Gasteiger partial charge in [0.2, 0.25) is 5.71 Å². The number of carbonyl (C=O) groups is 1. The molecule has 0 saturated carbocycles. The van der Waals surface area contributed by atoms with E-state index in [4.69, 9.17) is 4.42 Å². The first-order valence-corrected chi connectivity index (χ1v) is 13.2. The average molecular weight is 542 g/mol. The van der Waals surface area contributed by atoms with Crippen LogP contribution in [-0.2, 0) is 6.42 Å². The van der Waals surface area contributed by atoms with Crippen LogP contribution in [-0.4, -0.2) is 27.7 Å². The van der Waals surface area contributed by atoms with Gasteiger partial charge in [0.25, 0.3) is 0 Å². The lowest BCUT2D eigenvalue weighted by Crippen LogP contribution is -2.19. The van der Waals surface area contributed by atoms with Crippen molar-refractivity contribution in [2.75, 3.05) is 22.5 Å². The van der Waals surface area contributed by atoms with Crippen LogP contribution in [0.1, 0.15) is 5.56 Å². The zero-order valence-electron chi connectivity index (χ0n) is 22.0. The number of urea groups is 1. The van der Waals surface area contributed by atoms with Crippen LogP contribution < -0.4 is 16.0 Å². The molecular weight excluding hydrogens is 514 g/mol. The molecule has 202 valence electrons. The second-order valence-electron chi connectivity index (χ2n) is 9.44. The third-order valence-electron chi connectivity index (χ3n) is 6.63. The number of furan rings is 1. The van der Waals surface area contributed by atoms with Gasteiger partial charge < -0.3 is 25.5 Å². The van der Waals surface area contributed by atoms with Gasteiger partial charge in [-0.1, -0.05) is 72.8 Å². The van der Waals surface area contributed by atoms with Gasteiger partial charge in [0.1, 0.15) is 23.7 Å². The molecule has 0 bridgehead atoms. The van der Waals surface area contributed by atoms with Crippen molar-refractivity contribution in [1.29, 1.82) is 0 Å². The maximum Gasteiger partial charge on any atom is 0.323 e. The number of nitrogens with zero attached hydrogens (tertiary/aromatic N) is 2. The Bertz CT molecular complexity index is 1770. The Morgan fingerprint density at radius 2 is 1.39 bits per heavy atom. The summed E-state index contributed by atoms with van der Waals surface area (Å²) in [6, 6.07) is 33.7. The van der Waals surface area contributed by atoms with E-state index in [2.05, 4.69) is 25.9 Å². The van der Waals surface area contributed by atoms with Gasteiger partial charge in [-0.3, -0.25) is 0 Å². The molecule has 4 aromatic carbocycles. The Kier molecular flexibility index (Phi) is 7.27. The van der Waals surface area contributed by atoms with Crippen molar-refractivity contribution in [3.8, 4) is 28.2 Å². The summed E-state index contributed by atoms with van der Waals surface area (Å²) in [6.07, 6.45) is 2.23. The Labute approximate surface area is 236 Å². The van der Waals surface area contributed by atoms with Crippen LogP contribution in [0.2, 0.25) is 0 Å². The number of nitrogens with one attached hydrogen (secondary N) is 3. The fourth-order valence-electron chi connectivity index (χ4n) is 4.66. The van der Waals surface area contributed by atoms with E-state index in [0.717, 1.165) is 39.7 Å². The highest BCUT2D eigenvalue weighted by Crippen LogP contribution is 2.42. The van der Waals surface area contributed by atoms with E-state index in [1.54, 1.807) is 12.1 Å². The lowest BCUT2D eigenvalue weighted by molar-refractivity contribution is 0.262. The molecule has 8 heteroatoms. The number of hydrogen-bond donors (Lipinski definition) is 4. The molecule has 0 unspecified atom stereocenters. The Hall–Kier alpha value is -5.63. The molecule has 6 aromatic rings. The second kappa shape index (κ2) is 11.6. The molecule has 0 fully saturated rings. The Morgan fingerprint density at radius 1 is 0.732 bits per heavy atom. The second-order valence-corrected chi connectivity index (χ2v) is 9.44. The van der Waals surface area contributed by atoms with Crippen molar-refractivity contribution in [2.24, 2.45) is 0 Å².